The highest BCUT2D eigenvalue weighted by Gasteiger charge is 2.32. The monoisotopic (exact) mass is 230 g/mol. The molecule has 0 aliphatic heterocycles. The van der Waals surface area contributed by atoms with Crippen LogP contribution in [0.2, 0.25) is 0 Å². The van der Waals surface area contributed by atoms with E-state index in [1.54, 1.807) is 6.92 Å². The molecule has 1 aromatic rings. The Morgan fingerprint density at radius 1 is 1.38 bits per heavy atom. The van der Waals surface area contributed by atoms with Crippen LogP contribution in [0.3, 0.4) is 0 Å². The fourth-order valence-corrected chi connectivity index (χ4v) is 1.22. The first kappa shape index (κ1) is 12.3. The molecule has 0 bridgehead atoms. The van der Waals surface area contributed by atoms with Crippen LogP contribution in [0.15, 0.2) is 24.3 Å². The average molecular weight is 230 g/mol. The summed E-state index contributed by atoms with van der Waals surface area (Å²) >= 11 is 0. The molecule has 0 aliphatic rings. The first-order valence-electron chi connectivity index (χ1n) is 4.39. The third-order valence-corrected chi connectivity index (χ3v) is 1.92. The van der Waals surface area contributed by atoms with Crippen LogP contribution in [0.4, 0.5) is 13.2 Å². The van der Waals surface area contributed by atoms with Crippen LogP contribution in [0.1, 0.15) is 16.7 Å². The second kappa shape index (κ2) is 4.38. The molecule has 0 radical (unpaired) electrons. The van der Waals surface area contributed by atoms with Crippen molar-refractivity contribution >= 4 is 12.0 Å². The number of carbonyl (C=O) groups is 1. The standard InChI is InChI=1S/C11H9F3O2/c1-7-2-3-8(4-5-10(15)16)9(6-7)11(12,13)14/h2-6H,1H3,(H,15,16)/b5-4+. The summed E-state index contributed by atoms with van der Waals surface area (Å²) < 4.78 is 37.7. The lowest BCUT2D eigenvalue weighted by Crippen LogP contribution is -2.07. The Kier molecular flexibility index (Phi) is 3.37. The number of halogens is 3. The Balaban J connectivity index is 3.23. The molecule has 5 heteroatoms. The number of benzene rings is 1. The third kappa shape index (κ3) is 3.12. The Bertz CT molecular complexity index is 433. The van der Waals surface area contributed by atoms with E-state index in [4.69, 9.17) is 5.11 Å². The van der Waals surface area contributed by atoms with Gasteiger partial charge in [-0.1, -0.05) is 17.7 Å². The number of aryl methyl sites for hydroxylation is 1. The fraction of sp³-hybridized carbons (Fsp3) is 0.182. The lowest BCUT2D eigenvalue weighted by atomic mass is 10.0. The highest BCUT2D eigenvalue weighted by molar-refractivity contribution is 5.85. The van der Waals surface area contributed by atoms with E-state index in [-0.39, 0.29) is 5.56 Å². The minimum atomic E-state index is -4.48. The van der Waals surface area contributed by atoms with Gasteiger partial charge in [0.2, 0.25) is 0 Å². The molecule has 0 spiro atoms. The van der Waals surface area contributed by atoms with Crippen molar-refractivity contribution in [3.8, 4) is 0 Å². The van der Waals surface area contributed by atoms with Crippen LogP contribution in [0.25, 0.3) is 6.08 Å². The van der Waals surface area contributed by atoms with Crippen LogP contribution in [0, 0.1) is 6.92 Å². The van der Waals surface area contributed by atoms with Gasteiger partial charge in [0.15, 0.2) is 0 Å². The van der Waals surface area contributed by atoms with E-state index in [1.165, 1.54) is 12.1 Å². The lowest BCUT2D eigenvalue weighted by Gasteiger charge is -2.10. The predicted octanol–water partition coefficient (Wildman–Crippen LogP) is 3.11. The van der Waals surface area contributed by atoms with Gasteiger partial charge >= 0.3 is 12.1 Å². The zero-order valence-electron chi connectivity index (χ0n) is 8.38. The molecule has 1 rings (SSSR count). The summed E-state index contributed by atoms with van der Waals surface area (Å²) in [6.07, 6.45) is -2.87. The number of carboxylic acid groups (broad SMARTS) is 1. The van der Waals surface area contributed by atoms with E-state index < -0.39 is 17.7 Å². The summed E-state index contributed by atoms with van der Waals surface area (Å²) in [5, 5.41) is 8.36. The van der Waals surface area contributed by atoms with Crippen molar-refractivity contribution in [1.82, 2.24) is 0 Å². The van der Waals surface area contributed by atoms with Crippen LogP contribution >= 0.6 is 0 Å². The van der Waals surface area contributed by atoms with Gasteiger partial charge in [-0.3, -0.25) is 0 Å². The molecule has 2 nitrogen and oxygen atoms in total. The zero-order chi connectivity index (χ0) is 12.3. The molecule has 86 valence electrons. The largest absolute Gasteiger partial charge is 0.478 e. The molecule has 0 fully saturated rings. The van der Waals surface area contributed by atoms with Gasteiger partial charge in [-0.25, -0.2) is 4.79 Å². The summed E-state index contributed by atoms with van der Waals surface area (Å²) in [6, 6.07) is 3.73. The first-order valence-corrected chi connectivity index (χ1v) is 4.39. The highest BCUT2D eigenvalue weighted by atomic mass is 19.4. The molecule has 0 atom stereocenters. The van der Waals surface area contributed by atoms with Gasteiger partial charge in [0, 0.05) is 6.08 Å². The van der Waals surface area contributed by atoms with Crippen molar-refractivity contribution < 1.29 is 23.1 Å². The number of alkyl halides is 3. The molecule has 16 heavy (non-hydrogen) atoms. The molecule has 0 amide bonds. The van der Waals surface area contributed by atoms with Gasteiger partial charge in [0.05, 0.1) is 5.56 Å². The lowest BCUT2D eigenvalue weighted by molar-refractivity contribution is -0.138. The summed E-state index contributed by atoms with van der Waals surface area (Å²) in [5.41, 5.74) is -0.509. The number of rotatable bonds is 2. The predicted molar refractivity (Wildman–Crippen MR) is 52.9 cm³/mol. The SMILES string of the molecule is Cc1ccc(/C=C/C(=O)O)c(C(F)(F)F)c1. The van der Waals surface area contributed by atoms with E-state index in [1.807, 2.05) is 0 Å². The topological polar surface area (TPSA) is 37.3 Å². The van der Waals surface area contributed by atoms with E-state index >= 15 is 0 Å². The number of carboxylic acids is 1. The van der Waals surface area contributed by atoms with Crippen LogP contribution in [-0.4, -0.2) is 11.1 Å². The molecule has 0 unspecified atom stereocenters. The maximum Gasteiger partial charge on any atom is 0.416 e. The Hall–Kier alpha value is -1.78. The van der Waals surface area contributed by atoms with E-state index in [0.717, 1.165) is 12.1 Å². The van der Waals surface area contributed by atoms with Crippen LogP contribution in [0.5, 0.6) is 0 Å². The molecule has 1 N–H and O–H groups in total. The fourth-order valence-electron chi connectivity index (χ4n) is 1.22. The van der Waals surface area contributed by atoms with Gasteiger partial charge in [0.25, 0.3) is 0 Å². The summed E-state index contributed by atoms with van der Waals surface area (Å²) in [5.74, 6) is -1.28. The van der Waals surface area contributed by atoms with Gasteiger partial charge < -0.3 is 5.11 Å². The van der Waals surface area contributed by atoms with Crippen molar-refractivity contribution in [3.05, 3.63) is 41.0 Å². The summed E-state index contributed by atoms with van der Waals surface area (Å²) in [4.78, 5) is 10.2. The van der Waals surface area contributed by atoms with E-state index in [9.17, 15) is 18.0 Å². The van der Waals surface area contributed by atoms with Crippen molar-refractivity contribution in [2.75, 3.05) is 0 Å². The minimum Gasteiger partial charge on any atom is -0.478 e. The normalized spacial score (nSPS) is 12.0. The van der Waals surface area contributed by atoms with Gasteiger partial charge in [0.1, 0.15) is 0 Å². The highest BCUT2D eigenvalue weighted by Crippen LogP contribution is 2.33. The molecule has 0 aromatic heterocycles. The number of hydrogen-bond acceptors (Lipinski definition) is 1. The van der Waals surface area contributed by atoms with Gasteiger partial charge in [-0.05, 0) is 24.6 Å². The smallest absolute Gasteiger partial charge is 0.416 e. The van der Waals surface area contributed by atoms with Gasteiger partial charge in [-0.15, -0.1) is 0 Å². The summed E-state index contributed by atoms with van der Waals surface area (Å²) in [7, 11) is 0. The number of hydrogen-bond donors (Lipinski definition) is 1. The Morgan fingerprint density at radius 2 is 2.00 bits per heavy atom. The van der Waals surface area contributed by atoms with Crippen molar-refractivity contribution in [2.24, 2.45) is 0 Å². The van der Waals surface area contributed by atoms with Crippen molar-refractivity contribution in [1.29, 1.82) is 0 Å². The second-order valence-electron chi connectivity index (χ2n) is 3.26. The molecular weight excluding hydrogens is 221 g/mol. The Morgan fingerprint density at radius 3 is 2.50 bits per heavy atom. The van der Waals surface area contributed by atoms with Crippen molar-refractivity contribution in [3.63, 3.8) is 0 Å². The summed E-state index contributed by atoms with van der Waals surface area (Å²) in [6.45, 7) is 1.54. The van der Waals surface area contributed by atoms with Crippen LogP contribution in [-0.2, 0) is 11.0 Å². The van der Waals surface area contributed by atoms with Gasteiger partial charge in [-0.2, -0.15) is 13.2 Å². The van der Waals surface area contributed by atoms with E-state index in [2.05, 4.69) is 0 Å². The first-order chi connectivity index (χ1) is 7.30. The molecule has 0 saturated carbocycles. The third-order valence-electron chi connectivity index (χ3n) is 1.92. The second-order valence-corrected chi connectivity index (χ2v) is 3.26. The molecule has 1 aromatic carbocycles. The maximum atomic E-state index is 12.6. The zero-order valence-corrected chi connectivity index (χ0v) is 8.38. The number of aliphatic carboxylic acids is 1. The van der Waals surface area contributed by atoms with E-state index in [0.29, 0.717) is 11.6 Å². The van der Waals surface area contributed by atoms with Crippen molar-refractivity contribution in [2.45, 2.75) is 13.1 Å². The molecule has 0 saturated heterocycles. The minimum absolute atomic E-state index is 0.152. The molecule has 0 heterocycles. The maximum absolute atomic E-state index is 12.6. The van der Waals surface area contributed by atoms with Crippen LogP contribution < -0.4 is 0 Å². The average Bonchev–Trinajstić information content (AvgIpc) is 2.14. The quantitative estimate of drug-likeness (QED) is 0.792. The molecule has 0 aliphatic carbocycles. The Labute approximate surface area is 90.0 Å². The molecular formula is C11H9F3O2.